The van der Waals surface area contributed by atoms with Gasteiger partial charge in [0.05, 0.1) is 6.54 Å². The molecule has 2 aliphatic heterocycles. The monoisotopic (exact) mass is 404 g/mol. The summed E-state index contributed by atoms with van der Waals surface area (Å²) in [6.45, 7) is 7.37. The summed E-state index contributed by atoms with van der Waals surface area (Å²) in [5, 5.41) is 9.77. The molecule has 0 aromatic heterocycles. The summed E-state index contributed by atoms with van der Waals surface area (Å²) in [7, 11) is 0. The Hall–Kier alpha value is -1.73. The second-order valence-electron chi connectivity index (χ2n) is 7.64. The summed E-state index contributed by atoms with van der Waals surface area (Å²) in [5.74, 6) is 2.02. The first kappa shape index (κ1) is 21.0. The lowest BCUT2D eigenvalue weighted by molar-refractivity contribution is -0.124. The van der Waals surface area contributed by atoms with Gasteiger partial charge in [0.25, 0.3) is 5.91 Å². The first-order valence-electron chi connectivity index (χ1n) is 10.3. The lowest BCUT2D eigenvalue weighted by Gasteiger charge is -2.24. The van der Waals surface area contributed by atoms with Crippen molar-refractivity contribution in [3.63, 3.8) is 0 Å². The molecule has 1 aromatic rings. The summed E-state index contributed by atoms with van der Waals surface area (Å²) in [4.78, 5) is 17.0. The largest absolute Gasteiger partial charge is 0.368 e. The molecule has 7 heteroatoms. The van der Waals surface area contributed by atoms with Gasteiger partial charge in [-0.1, -0.05) is 12.1 Å². The molecule has 28 heavy (non-hydrogen) atoms. The highest BCUT2D eigenvalue weighted by Crippen LogP contribution is 2.36. The number of carbonyl (C=O) groups excluding carboxylic acids is 1. The van der Waals surface area contributed by atoms with Crippen LogP contribution in [0.25, 0.3) is 0 Å². The molecule has 1 aromatic carbocycles. The molecule has 2 atom stereocenters. The van der Waals surface area contributed by atoms with Gasteiger partial charge in [-0.25, -0.2) is 4.99 Å². The molecule has 2 unspecified atom stereocenters. The van der Waals surface area contributed by atoms with E-state index >= 15 is 0 Å². The molecule has 6 nitrogen and oxygen atoms in total. The van der Waals surface area contributed by atoms with Crippen LogP contribution < -0.4 is 16.0 Å². The Labute approximate surface area is 172 Å². The van der Waals surface area contributed by atoms with Crippen LogP contribution in [0, 0.1) is 0 Å². The second kappa shape index (κ2) is 10.2. The third kappa shape index (κ3) is 6.14. The molecule has 3 N–H and O–H groups in total. The van der Waals surface area contributed by atoms with Gasteiger partial charge in [0.2, 0.25) is 0 Å². The summed E-state index contributed by atoms with van der Waals surface area (Å²) in [5.41, 5.74) is 1.85. The van der Waals surface area contributed by atoms with Gasteiger partial charge in [0.15, 0.2) is 5.96 Å². The molecule has 0 aliphatic carbocycles. The Kier molecular flexibility index (Phi) is 7.62. The molecule has 0 spiro atoms. The van der Waals surface area contributed by atoms with E-state index in [2.05, 4.69) is 29.8 Å². The molecular weight excluding hydrogens is 372 g/mol. The van der Waals surface area contributed by atoms with E-state index in [-0.39, 0.29) is 12.0 Å². The fraction of sp³-hybridized carbons (Fsp3) is 0.619. The lowest BCUT2D eigenvalue weighted by Crippen LogP contribution is -2.43. The third-order valence-corrected chi connectivity index (χ3v) is 6.65. The predicted octanol–water partition coefficient (Wildman–Crippen LogP) is 3.14. The van der Waals surface area contributed by atoms with Crippen LogP contribution in [-0.2, 0) is 16.1 Å². The lowest BCUT2D eigenvalue weighted by atomic mass is 10.1. The summed E-state index contributed by atoms with van der Waals surface area (Å²) in [6, 6.07) is 7.87. The fourth-order valence-electron chi connectivity index (χ4n) is 3.51. The van der Waals surface area contributed by atoms with Crippen molar-refractivity contribution < 1.29 is 9.53 Å². The number of nitrogens with one attached hydrogen (secondary N) is 3. The average Bonchev–Trinajstić information content (AvgIpc) is 3.37. The smallest absolute Gasteiger partial charge is 0.253 e. The number of ether oxygens (including phenoxy) is 1. The molecule has 2 fully saturated rings. The van der Waals surface area contributed by atoms with Crippen LogP contribution in [0.2, 0.25) is 0 Å². The molecule has 154 valence electrons. The van der Waals surface area contributed by atoms with Crippen LogP contribution in [-0.4, -0.2) is 48.2 Å². The topological polar surface area (TPSA) is 74.8 Å². The quantitative estimate of drug-likeness (QED) is 0.481. The van der Waals surface area contributed by atoms with Crippen molar-refractivity contribution in [3.8, 4) is 0 Å². The number of rotatable bonds is 7. The minimum Gasteiger partial charge on any atom is -0.368 e. The minimum atomic E-state index is -0.318. The van der Waals surface area contributed by atoms with E-state index in [1.54, 1.807) is 0 Å². The predicted molar refractivity (Wildman–Crippen MR) is 117 cm³/mol. The number of anilines is 1. The third-order valence-electron chi connectivity index (χ3n) is 5.11. The number of amides is 1. The first-order chi connectivity index (χ1) is 13.6. The SMILES string of the molecule is CCNC(=NCc1cccc(NC(=O)C2CCCO2)c1)NCC1(C)CCCS1. The second-order valence-corrected chi connectivity index (χ2v) is 9.32. The van der Waals surface area contributed by atoms with Crippen LogP contribution in [0.15, 0.2) is 29.3 Å². The Morgan fingerprint density at radius 1 is 1.36 bits per heavy atom. The zero-order chi connectivity index (χ0) is 19.8. The van der Waals surface area contributed by atoms with Crippen molar-refractivity contribution in [1.29, 1.82) is 0 Å². The number of hydrogen-bond donors (Lipinski definition) is 3. The van der Waals surface area contributed by atoms with Gasteiger partial charge in [0.1, 0.15) is 6.10 Å². The van der Waals surface area contributed by atoms with Crippen molar-refractivity contribution >= 4 is 29.3 Å². The van der Waals surface area contributed by atoms with Gasteiger partial charge in [-0.3, -0.25) is 4.79 Å². The number of hydrogen-bond acceptors (Lipinski definition) is 4. The molecule has 0 saturated carbocycles. The average molecular weight is 405 g/mol. The van der Waals surface area contributed by atoms with Crippen molar-refractivity contribution in [3.05, 3.63) is 29.8 Å². The van der Waals surface area contributed by atoms with Crippen molar-refractivity contribution in [2.45, 2.75) is 56.9 Å². The van der Waals surface area contributed by atoms with Crippen molar-refractivity contribution in [2.75, 3.05) is 30.8 Å². The molecule has 2 heterocycles. The van der Waals surface area contributed by atoms with Crippen molar-refractivity contribution in [2.24, 2.45) is 4.99 Å². The summed E-state index contributed by atoms with van der Waals surface area (Å²) < 4.78 is 5.74. The van der Waals surface area contributed by atoms with Crippen LogP contribution >= 0.6 is 11.8 Å². The van der Waals surface area contributed by atoms with Crippen LogP contribution in [0.4, 0.5) is 5.69 Å². The van der Waals surface area contributed by atoms with E-state index < -0.39 is 0 Å². The van der Waals surface area contributed by atoms with Gasteiger partial charge >= 0.3 is 0 Å². The van der Waals surface area contributed by atoms with Gasteiger partial charge in [-0.05, 0) is 63.0 Å². The highest BCUT2D eigenvalue weighted by atomic mass is 32.2. The number of thioether (sulfide) groups is 1. The zero-order valence-electron chi connectivity index (χ0n) is 16.9. The summed E-state index contributed by atoms with van der Waals surface area (Å²) in [6.07, 6.45) is 3.97. The zero-order valence-corrected chi connectivity index (χ0v) is 17.7. The molecule has 3 rings (SSSR count). The standard InChI is InChI=1S/C21H32N4O2S/c1-3-22-20(24-15-21(2)10-6-12-28-21)23-14-16-7-4-8-17(13-16)25-19(26)18-9-5-11-27-18/h4,7-8,13,18H,3,5-6,9-12,14-15H2,1-2H3,(H,25,26)(H2,22,23,24). The van der Waals surface area contributed by atoms with Crippen LogP contribution in [0.3, 0.4) is 0 Å². The maximum absolute atomic E-state index is 12.2. The fourth-order valence-corrected chi connectivity index (χ4v) is 4.76. The van der Waals surface area contributed by atoms with E-state index in [0.29, 0.717) is 17.9 Å². The van der Waals surface area contributed by atoms with Gasteiger partial charge < -0.3 is 20.7 Å². The van der Waals surface area contributed by atoms with E-state index in [9.17, 15) is 4.79 Å². The van der Waals surface area contributed by atoms with Crippen LogP contribution in [0.1, 0.15) is 45.1 Å². The highest BCUT2D eigenvalue weighted by molar-refractivity contribution is 8.00. The van der Waals surface area contributed by atoms with Gasteiger partial charge in [-0.15, -0.1) is 0 Å². The highest BCUT2D eigenvalue weighted by Gasteiger charge is 2.29. The molecule has 2 saturated heterocycles. The Morgan fingerprint density at radius 2 is 2.25 bits per heavy atom. The van der Waals surface area contributed by atoms with E-state index in [0.717, 1.165) is 43.1 Å². The Bertz CT molecular complexity index is 683. The number of guanidine groups is 1. The number of benzene rings is 1. The van der Waals surface area contributed by atoms with E-state index in [4.69, 9.17) is 9.73 Å². The molecule has 0 radical (unpaired) electrons. The number of aliphatic imine (C=N–C) groups is 1. The van der Waals surface area contributed by atoms with Gasteiger partial charge in [0, 0.05) is 30.1 Å². The van der Waals surface area contributed by atoms with E-state index in [1.165, 1.54) is 18.6 Å². The number of carbonyl (C=O) groups is 1. The van der Waals surface area contributed by atoms with Gasteiger partial charge in [-0.2, -0.15) is 11.8 Å². The summed E-state index contributed by atoms with van der Waals surface area (Å²) >= 11 is 2.04. The molecule has 1 amide bonds. The van der Waals surface area contributed by atoms with Crippen LogP contribution in [0.5, 0.6) is 0 Å². The minimum absolute atomic E-state index is 0.0598. The Balaban J connectivity index is 1.56. The maximum atomic E-state index is 12.2. The molecule has 2 aliphatic rings. The Morgan fingerprint density at radius 3 is 2.96 bits per heavy atom. The normalized spacial score (nSPS) is 24.9. The molecular formula is C21H32N4O2S. The molecule has 0 bridgehead atoms. The van der Waals surface area contributed by atoms with E-state index in [1.807, 2.05) is 36.0 Å². The maximum Gasteiger partial charge on any atom is 0.253 e. The number of nitrogens with zero attached hydrogens (tertiary/aromatic N) is 1. The first-order valence-corrected chi connectivity index (χ1v) is 11.2. The van der Waals surface area contributed by atoms with Crippen molar-refractivity contribution in [1.82, 2.24) is 10.6 Å².